The van der Waals surface area contributed by atoms with Crippen LogP contribution >= 0.6 is 47.8 Å². The number of fused-ring (bicyclic) bond motifs is 1. The van der Waals surface area contributed by atoms with Crippen molar-refractivity contribution < 1.29 is 9.90 Å². The molecule has 0 unspecified atom stereocenters. The number of hydrogen-bond donors (Lipinski definition) is 3. The number of nitrogens with two attached hydrogens (primary N) is 1. The molecule has 0 saturated carbocycles. The largest absolute Gasteiger partial charge is 0.506 e. The van der Waals surface area contributed by atoms with Crippen molar-refractivity contribution in [3.05, 3.63) is 30.6 Å². The van der Waals surface area contributed by atoms with Crippen molar-refractivity contribution >= 4 is 65.0 Å². The van der Waals surface area contributed by atoms with Gasteiger partial charge >= 0.3 is 0 Å². The SMILES string of the molecule is N=C1C(Br)=C(Br)C(=O)c2c(N)cc(Br)c(O)c21. The number of hydrogen-bond acceptors (Lipinski definition) is 4. The van der Waals surface area contributed by atoms with Crippen LogP contribution in [-0.2, 0) is 0 Å². The van der Waals surface area contributed by atoms with Gasteiger partial charge in [0.2, 0.25) is 5.78 Å². The maximum atomic E-state index is 12.0. The van der Waals surface area contributed by atoms with Gasteiger partial charge in [-0.15, -0.1) is 0 Å². The summed E-state index contributed by atoms with van der Waals surface area (Å²) in [6.45, 7) is 0. The smallest absolute Gasteiger partial charge is 0.204 e. The van der Waals surface area contributed by atoms with Gasteiger partial charge in [-0.2, -0.15) is 0 Å². The summed E-state index contributed by atoms with van der Waals surface area (Å²) in [6.07, 6.45) is 0. The minimum absolute atomic E-state index is 0.0111. The van der Waals surface area contributed by atoms with Crippen LogP contribution in [0.5, 0.6) is 5.75 Å². The van der Waals surface area contributed by atoms with Crippen LogP contribution in [0.4, 0.5) is 5.69 Å². The fourth-order valence-corrected chi connectivity index (χ4v) is 2.80. The topological polar surface area (TPSA) is 87.2 Å². The number of halogens is 3. The van der Waals surface area contributed by atoms with E-state index in [9.17, 15) is 9.90 Å². The Kier molecular flexibility index (Phi) is 3.17. The van der Waals surface area contributed by atoms with Crippen LogP contribution in [-0.4, -0.2) is 16.6 Å². The number of carbonyl (C=O) groups excluding carboxylic acids is 1. The van der Waals surface area contributed by atoms with Gasteiger partial charge in [0.25, 0.3) is 0 Å². The Bertz CT molecular complexity index is 608. The number of Topliss-reactive ketones (excluding diaryl/α,β-unsaturated/α-hetero) is 1. The van der Waals surface area contributed by atoms with Crippen LogP contribution in [0, 0.1) is 5.41 Å². The maximum Gasteiger partial charge on any atom is 0.204 e. The molecule has 2 rings (SSSR count). The van der Waals surface area contributed by atoms with E-state index in [4.69, 9.17) is 11.1 Å². The van der Waals surface area contributed by atoms with E-state index >= 15 is 0 Å². The highest BCUT2D eigenvalue weighted by atomic mass is 79.9. The van der Waals surface area contributed by atoms with E-state index in [1.807, 2.05) is 0 Å². The normalized spacial score (nSPS) is 15.2. The van der Waals surface area contributed by atoms with E-state index < -0.39 is 0 Å². The summed E-state index contributed by atoms with van der Waals surface area (Å²) in [6, 6.07) is 1.44. The lowest BCUT2D eigenvalue weighted by Crippen LogP contribution is -2.19. The van der Waals surface area contributed by atoms with Gasteiger partial charge in [-0.1, -0.05) is 0 Å². The molecule has 4 nitrogen and oxygen atoms in total. The van der Waals surface area contributed by atoms with Crippen molar-refractivity contribution in [3.63, 3.8) is 0 Å². The summed E-state index contributed by atoms with van der Waals surface area (Å²) >= 11 is 9.36. The minimum Gasteiger partial charge on any atom is -0.506 e. The maximum absolute atomic E-state index is 12.0. The van der Waals surface area contributed by atoms with Gasteiger partial charge in [0.1, 0.15) is 5.75 Å². The Labute approximate surface area is 122 Å². The molecule has 0 spiro atoms. The summed E-state index contributed by atoms with van der Waals surface area (Å²) in [5.74, 6) is -0.521. The highest BCUT2D eigenvalue weighted by molar-refractivity contribution is 9.14. The van der Waals surface area contributed by atoms with Gasteiger partial charge in [-0.25, -0.2) is 0 Å². The van der Waals surface area contributed by atoms with Crippen molar-refractivity contribution in [2.24, 2.45) is 0 Å². The monoisotopic (exact) mass is 422 g/mol. The third-order valence-electron chi connectivity index (χ3n) is 2.37. The van der Waals surface area contributed by atoms with Gasteiger partial charge in [0.05, 0.1) is 30.3 Å². The van der Waals surface area contributed by atoms with Gasteiger partial charge in [0, 0.05) is 5.69 Å². The summed E-state index contributed by atoms with van der Waals surface area (Å²) in [5, 5.41) is 17.8. The molecule has 7 heteroatoms. The highest BCUT2D eigenvalue weighted by Crippen LogP contribution is 2.42. The first kappa shape index (κ1) is 12.8. The van der Waals surface area contributed by atoms with Crippen LogP contribution in [0.2, 0.25) is 0 Å². The van der Waals surface area contributed by atoms with Crippen molar-refractivity contribution in [2.75, 3.05) is 5.73 Å². The van der Waals surface area contributed by atoms with Crippen molar-refractivity contribution in [2.45, 2.75) is 0 Å². The molecule has 0 radical (unpaired) electrons. The summed E-state index contributed by atoms with van der Waals surface area (Å²) in [5.41, 5.74) is 6.26. The van der Waals surface area contributed by atoms with Gasteiger partial charge < -0.3 is 10.8 Å². The average molecular weight is 425 g/mol. The van der Waals surface area contributed by atoms with E-state index in [-0.39, 0.29) is 38.5 Å². The molecule has 1 aliphatic rings. The molecule has 17 heavy (non-hydrogen) atoms. The number of nitrogens with one attached hydrogen (secondary N) is 1. The third kappa shape index (κ3) is 1.76. The van der Waals surface area contributed by atoms with Gasteiger partial charge in [-0.3, -0.25) is 10.2 Å². The standard InChI is InChI=1S/C10H5Br3N2O2/c11-2-1-3(14)4-5(9(2)16)8(15)6(12)7(13)10(4)17/h1,15-16H,14H2. The van der Waals surface area contributed by atoms with Gasteiger partial charge in [-0.05, 0) is 53.9 Å². The molecule has 1 aromatic rings. The lowest BCUT2D eigenvalue weighted by Gasteiger charge is -2.20. The summed E-state index contributed by atoms with van der Waals surface area (Å²) < 4.78 is 0.871. The first-order chi connectivity index (χ1) is 7.86. The Hall–Kier alpha value is -0.660. The number of carbonyl (C=O) groups is 1. The number of phenolic OH excluding ortho intramolecular Hbond substituents is 1. The van der Waals surface area contributed by atoms with Crippen LogP contribution in [0.1, 0.15) is 15.9 Å². The Morgan fingerprint density at radius 3 is 2.35 bits per heavy atom. The molecule has 88 valence electrons. The molecule has 0 amide bonds. The molecule has 1 aromatic carbocycles. The first-order valence-electron chi connectivity index (χ1n) is 4.36. The zero-order chi connectivity index (χ0) is 12.9. The number of ketones is 1. The van der Waals surface area contributed by atoms with E-state index in [0.29, 0.717) is 8.96 Å². The lowest BCUT2D eigenvalue weighted by molar-refractivity contribution is 0.104. The minimum atomic E-state index is -0.358. The van der Waals surface area contributed by atoms with Gasteiger partial charge in [0.15, 0.2) is 0 Å². The molecule has 0 bridgehead atoms. The average Bonchev–Trinajstić information content (AvgIpc) is 2.28. The summed E-state index contributed by atoms with van der Waals surface area (Å²) in [7, 11) is 0. The van der Waals surface area contributed by atoms with E-state index in [1.165, 1.54) is 6.07 Å². The number of rotatable bonds is 0. The quantitative estimate of drug-likeness (QED) is 0.441. The van der Waals surface area contributed by atoms with Crippen LogP contribution in [0.15, 0.2) is 19.5 Å². The zero-order valence-electron chi connectivity index (χ0n) is 8.14. The van der Waals surface area contributed by atoms with Crippen LogP contribution < -0.4 is 5.73 Å². The van der Waals surface area contributed by atoms with Crippen molar-refractivity contribution in [3.8, 4) is 5.75 Å². The second kappa shape index (κ2) is 4.22. The van der Waals surface area contributed by atoms with Crippen LogP contribution in [0.3, 0.4) is 0 Å². The number of anilines is 1. The van der Waals surface area contributed by atoms with E-state index in [0.717, 1.165) is 0 Å². The second-order valence-corrected chi connectivity index (χ2v) is 5.82. The van der Waals surface area contributed by atoms with Crippen LogP contribution in [0.25, 0.3) is 0 Å². The number of benzene rings is 1. The van der Waals surface area contributed by atoms with E-state index in [2.05, 4.69) is 47.8 Å². The number of allylic oxidation sites excluding steroid dienone is 2. The molecule has 0 fully saturated rings. The third-order valence-corrected chi connectivity index (χ3v) is 5.06. The summed E-state index contributed by atoms with van der Waals surface area (Å²) in [4.78, 5) is 12.0. The number of aromatic hydroxyl groups is 1. The number of nitrogen functional groups attached to an aromatic ring is 1. The second-order valence-electron chi connectivity index (χ2n) is 3.38. The molecular formula is C10H5Br3N2O2. The van der Waals surface area contributed by atoms with Crippen molar-refractivity contribution in [1.82, 2.24) is 0 Å². The fourth-order valence-electron chi connectivity index (χ4n) is 1.58. The zero-order valence-corrected chi connectivity index (χ0v) is 12.9. The predicted octanol–water partition coefficient (Wildman–Crippen LogP) is 3.30. The molecule has 1 aliphatic carbocycles. The number of phenols is 1. The molecule has 0 heterocycles. The molecular weight excluding hydrogens is 420 g/mol. The molecule has 0 aromatic heterocycles. The lowest BCUT2D eigenvalue weighted by atomic mass is 9.92. The van der Waals surface area contributed by atoms with E-state index in [1.54, 1.807) is 0 Å². The Morgan fingerprint density at radius 2 is 1.76 bits per heavy atom. The van der Waals surface area contributed by atoms with Crippen molar-refractivity contribution in [1.29, 1.82) is 5.41 Å². The predicted molar refractivity (Wildman–Crippen MR) is 76.3 cm³/mol. The first-order valence-corrected chi connectivity index (χ1v) is 6.74. The highest BCUT2D eigenvalue weighted by Gasteiger charge is 2.32. The Morgan fingerprint density at radius 1 is 1.18 bits per heavy atom. The Balaban J connectivity index is 2.90. The molecule has 0 aliphatic heterocycles. The molecule has 0 atom stereocenters. The molecule has 0 saturated heterocycles. The molecule has 4 N–H and O–H groups in total. The fraction of sp³-hybridized carbons (Fsp3) is 0.